The van der Waals surface area contributed by atoms with E-state index in [1.165, 1.54) is 0 Å². The molecule has 0 unspecified atom stereocenters. The van der Waals surface area contributed by atoms with Crippen molar-refractivity contribution in [2.45, 2.75) is 0 Å². The summed E-state index contributed by atoms with van der Waals surface area (Å²) in [6.45, 7) is 8.24. The molecule has 0 radical (unpaired) electrons. The van der Waals surface area contributed by atoms with Crippen LogP contribution in [0, 0.1) is 21.1 Å². The van der Waals surface area contributed by atoms with Crippen molar-refractivity contribution in [2.24, 2.45) is 0 Å². The van der Waals surface area contributed by atoms with E-state index in [2.05, 4.69) is 38.3 Å². The van der Waals surface area contributed by atoms with Crippen LogP contribution in [0.5, 0.6) is 0 Å². The van der Waals surface area contributed by atoms with Gasteiger partial charge in [-0.3, -0.25) is 15.0 Å². The van der Waals surface area contributed by atoms with Gasteiger partial charge in [0.05, 0.1) is 63.4 Å². The first-order valence-electron chi connectivity index (χ1n) is 11.7. The summed E-state index contributed by atoms with van der Waals surface area (Å²) in [4.78, 5) is 13.5. The average Bonchev–Trinajstić information content (AvgIpc) is 3.29. The van der Waals surface area contributed by atoms with E-state index in [1.54, 1.807) is 30.7 Å². The second-order valence-electron chi connectivity index (χ2n) is 9.10. The lowest BCUT2D eigenvalue weighted by molar-refractivity contribution is 1.08. The van der Waals surface area contributed by atoms with Gasteiger partial charge in [0, 0.05) is 16.0 Å². The maximum atomic E-state index is 6.15. The van der Waals surface area contributed by atoms with Gasteiger partial charge in [-0.25, -0.2) is 0 Å². The SMILES string of the molecule is C=c1cc(N)c2ncc(N)c/c(=C\c3ccc4c(/C=c5\cc(N)cnc6c(N)cc(=C)c5=6)nnc-4cn3)c1=2. The van der Waals surface area contributed by atoms with Crippen molar-refractivity contribution in [3.05, 3.63) is 108 Å². The fourth-order valence-electron chi connectivity index (χ4n) is 4.71. The zero-order valence-corrected chi connectivity index (χ0v) is 20.3. The Hall–Kier alpha value is -5.57. The van der Waals surface area contributed by atoms with Crippen molar-refractivity contribution in [1.29, 1.82) is 0 Å². The topological polar surface area (TPSA) is 169 Å². The van der Waals surface area contributed by atoms with E-state index in [4.69, 9.17) is 22.9 Å². The number of nitrogens with zero attached hydrogens (tertiary/aromatic N) is 5. The highest BCUT2D eigenvalue weighted by molar-refractivity contribution is 5.71. The fraction of sp³-hybridized carbons (Fsp3) is 0. The monoisotopic (exact) mass is 497 g/mol. The Labute approximate surface area is 215 Å². The van der Waals surface area contributed by atoms with Gasteiger partial charge in [-0.2, -0.15) is 0 Å². The smallest absolute Gasteiger partial charge is 0.113 e. The summed E-state index contributed by atoms with van der Waals surface area (Å²) >= 11 is 0. The largest absolute Gasteiger partial charge is 0.397 e. The standard InChI is InChI=1S/C29H23N9/c1-14-5-22(32)28-26(14)16(7-18(30)11-35-28)9-20-3-4-21-24(37-38-25(21)13-34-20)10-17-8-19(31)12-36-29-23(33)6-15(2)27(17)29/h3-13H,1-2,30-33H2/b16-9+,17-10+. The van der Waals surface area contributed by atoms with E-state index in [0.29, 0.717) is 50.5 Å². The van der Waals surface area contributed by atoms with Gasteiger partial charge >= 0.3 is 0 Å². The Morgan fingerprint density at radius 2 is 1.21 bits per heavy atom. The molecule has 8 N–H and O–H groups in total. The minimum absolute atomic E-state index is 0.494. The van der Waals surface area contributed by atoms with Gasteiger partial charge in [-0.05, 0) is 69.4 Å². The molecule has 0 saturated heterocycles. The van der Waals surface area contributed by atoms with Gasteiger partial charge in [0.2, 0.25) is 0 Å². The van der Waals surface area contributed by atoms with Crippen LogP contribution in [0.2, 0.25) is 0 Å². The van der Waals surface area contributed by atoms with E-state index in [-0.39, 0.29) is 0 Å². The van der Waals surface area contributed by atoms with Crippen LogP contribution in [-0.4, -0.2) is 25.1 Å². The summed E-state index contributed by atoms with van der Waals surface area (Å²) in [5.74, 6) is 0. The molecule has 0 atom stereocenters. The van der Waals surface area contributed by atoms with Crippen LogP contribution in [0.25, 0.3) is 36.6 Å². The van der Waals surface area contributed by atoms with Crippen LogP contribution in [0.15, 0.2) is 55.0 Å². The van der Waals surface area contributed by atoms with E-state index in [0.717, 1.165) is 36.9 Å². The Morgan fingerprint density at radius 1 is 0.632 bits per heavy atom. The van der Waals surface area contributed by atoms with Crippen LogP contribution in [-0.2, 0) is 0 Å². The van der Waals surface area contributed by atoms with Crippen LogP contribution < -0.4 is 43.8 Å². The summed E-state index contributed by atoms with van der Waals surface area (Å²) in [5.41, 5.74) is 29.4. The highest BCUT2D eigenvalue weighted by Gasteiger charge is 2.11. The molecular weight excluding hydrogens is 474 g/mol. The summed E-state index contributed by atoms with van der Waals surface area (Å²) < 4.78 is 0. The third-order valence-electron chi connectivity index (χ3n) is 6.40. The van der Waals surface area contributed by atoms with E-state index < -0.39 is 0 Å². The highest BCUT2D eigenvalue weighted by atomic mass is 15.1. The Balaban J connectivity index is 1.58. The van der Waals surface area contributed by atoms with E-state index in [9.17, 15) is 0 Å². The third kappa shape index (κ3) is 3.79. The van der Waals surface area contributed by atoms with Crippen molar-refractivity contribution in [1.82, 2.24) is 25.1 Å². The predicted molar refractivity (Wildman–Crippen MR) is 150 cm³/mol. The molecule has 2 aliphatic carbocycles. The summed E-state index contributed by atoms with van der Waals surface area (Å²) in [5, 5.41) is 14.8. The number of fused-ring (bicyclic) bond motifs is 1. The quantitative estimate of drug-likeness (QED) is 0.258. The second-order valence-corrected chi connectivity index (χ2v) is 9.10. The number of anilines is 4. The lowest BCUT2D eigenvalue weighted by Crippen LogP contribution is -2.11. The number of rotatable bonds is 2. The van der Waals surface area contributed by atoms with E-state index >= 15 is 0 Å². The Morgan fingerprint density at radius 3 is 1.82 bits per heavy atom. The van der Waals surface area contributed by atoms with Gasteiger partial charge in [-0.15, -0.1) is 10.2 Å². The van der Waals surface area contributed by atoms with E-state index in [1.807, 2.05) is 36.4 Å². The summed E-state index contributed by atoms with van der Waals surface area (Å²) in [6, 6.07) is 11.1. The maximum absolute atomic E-state index is 6.15. The molecule has 6 aliphatic rings. The lowest BCUT2D eigenvalue weighted by Gasteiger charge is -1.91. The van der Waals surface area contributed by atoms with Gasteiger partial charge in [0.15, 0.2) is 0 Å². The Kier molecular flexibility index (Phi) is 5.13. The molecule has 0 saturated carbocycles. The molecule has 0 amide bonds. The lowest BCUT2D eigenvalue weighted by atomic mass is 10.1. The molecule has 0 aromatic heterocycles. The molecule has 0 aromatic rings. The van der Waals surface area contributed by atoms with Gasteiger partial charge in [-0.1, -0.05) is 13.2 Å². The average molecular weight is 498 g/mol. The normalized spacial score (nSPS) is 12.6. The molecular formula is C29H23N9. The predicted octanol–water partition coefficient (Wildman–Crippen LogP) is 0.0230. The van der Waals surface area contributed by atoms with Crippen molar-refractivity contribution in [3.63, 3.8) is 0 Å². The zero-order chi connectivity index (χ0) is 26.6. The van der Waals surface area contributed by atoms with Crippen LogP contribution >= 0.6 is 0 Å². The molecule has 0 fully saturated rings. The maximum Gasteiger partial charge on any atom is 0.113 e. The minimum atomic E-state index is 0.494. The fourth-order valence-corrected chi connectivity index (χ4v) is 4.71. The molecule has 0 spiro atoms. The van der Waals surface area contributed by atoms with Crippen molar-refractivity contribution in [3.8, 4) is 11.3 Å². The minimum Gasteiger partial charge on any atom is -0.397 e. The molecule has 0 bridgehead atoms. The molecule has 6 rings (SSSR count). The summed E-state index contributed by atoms with van der Waals surface area (Å²) in [7, 11) is 0. The molecule has 9 heteroatoms. The first-order valence-corrected chi connectivity index (χ1v) is 11.7. The third-order valence-corrected chi connectivity index (χ3v) is 6.40. The number of aromatic nitrogens is 5. The second kappa shape index (κ2) is 8.52. The van der Waals surface area contributed by atoms with Crippen LogP contribution in [0.1, 0.15) is 11.4 Å². The Bertz CT molecular complexity index is 2230. The van der Waals surface area contributed by atoms with Gasteiger partial charge in [0.1, 0.15) is 5.69 Å². The van der Waals surface area contributed by atoms with Crippen molar-refractivity contribution in [2.75, 3.05) is 22.9 Å². The number of hydrogen-bond donors (Lipinski definition) is 4. The van der Waals surface area contributed by atoms with Gasteiger partial charge < -0.3 is 22.9 Å². The number of hydrogen-bond acceptors (Lipinski definition) is 9. The molecule has 9 nitrogen and oxygen atoms in total. The first kappa shape index (κ1) is 22.9. The van der Waals surface area contributed by atoms with Crippen molar-refractivity contribution < 1.29 is 0 Å². The van der Waals surface area contributed by atoms with Crippen LogP contribution in [0.4, 0.5) is 22.7 Å². The summed E-state index contributed by atoms with van der Waals surface area (Å²) in [6.07, 6.45) is 8.67. The molecule has 0 aromatic carbocycles. The number of nitrogen functional groups attached to an aromatic ring is 4. The van der Waals surface area contributed by atoms with Crippen LogP contribution in [0.3, 0.4) is 0 Å². The molecule has 4 aliphatic heterocycles. The highest BCUT2D eigenvalue weighted by Crippen LogP contribution is 2.22. The molecule has 184 valence electrons. The van der Waals surface area contributed by atoms with Crippen molar-refractivity contribution >= 4 is 48.1 Å². The zero-order valence-electron chi connectivity index (χ0n) is 20.3. The molecule has 38 heavy (non-hydrogen) atoms. The first-order chi connectivity index (χ1) is 18.3. The number of nitrogens with two attached hydrogens (primary N) is 4. The molecule has 4 heterocycles. The van der Waals surface area contributed by atoms with Gasteiger partial charge in [0.25, 0.3) is 0 Å².